The smallest absolute Gasteiger partial charge is 0.302 e. The summed E-state index contributed by atoms with van der Waals surface area (Å²) in [6, 6.07) is 3.74. The van der Waals surface area contributed by atoms with Crippen molar-refractivity contribution in [2.75, 3.05) is 23.7 Å². The number of sulfonamides is 1. The minimum absolute atomic E-state index is 0.199. The second-order valence-corrected chi connectivity index (χ2v) is 7.89. The summed E-state index contributed by atoms with van der Waals surface area (Å²) in [6.45, 7) is 9.69. The first-order valence-corrected chi connectivity index (χ1v) is 9.48. The third-order valence-corrected chi connectivity index (χ3v) is 5.03. The maximum absolute atomic E-state index is 12.2. The number of hydrogen-bond acceptors (Lipinski definition) is 4. The van der Waals surface area contributed by atoms with Crippen molar-refractivity contribution in [3.63, 3.8) is 0 Å². The summed E-state index contributed by atoms with van der Waals surface area (Å²) in [4.78, 5) is 10.8. The largest absolute Gasteiger partial charge is 0.466 e. The Morgan fingerprint density at radius 2 is 1.91 bits per heavy atom. The van der Waals surface area contributed by atoms with E-state index in [1.54, 1.807) is 6.07 Å². The minimum atomic E-state index is -3.43. The topological polar surface area (TPSA) is 63.7 Å². The Labute approximate surface area is 137 Å². The summed E-state index contributed by atoms with van der Waals surface area (Å²) in [7, 11) is -3.43. The highest BCUT2D eigenvalue weighted by Crippen LogP contribution is 2.43. The lowest BCUT2D eigenvalue weighted by atomic mass is 10.1. The van der Waals surface area contributed by atoms with E-state index in [9.17, 15) is 13.2 Å². The average molecular weight is 337 g/mol. The molecule has 1 aliphatic carbocycles. The zero-order valence-corrected chi connectivity index (χ0v) is 14.5. The number of carbonyl (C=O) groups is 1. The molecule has 0 unspecified atom stereocenters. The second-order valence-electron chi connectivity index (χ2n) is 5.98. The Hall–Kier alpha value is -1.82. The number of benzene rings is 1. The van der Waals surface area contributed by atoms with Crippen LogP contribution in [0.5, 0.6) is 0 Å². The fraction of sp³-hybridized carbons (Fsp3) is 0.471. The molecule has 0 amide bonds. The summed E-state index contributed by atoms with van der Waals surface area (Å²) < 4.78 is 30.7. The zero-order chi connectivity index (χ0) is 17.2. The molecule has 1 aromatic carbocycles. The van der Waals surface area contributed by atoms with Crippen molar-refractivity contribution >= 4 is 34.8 Å². The SMILES string of the molecule is C=c1cc(C2CC2)c(N(CCCOC(C)=O)S(C)(=O)=O)cc1=C. The van der Waals surface area contributed by atoms with Crippen molar-refractivity contribution in [3.05, 3.63) is 28.1 Å². The van der Waals surface area contributed by atoms with Gasteiger partial charge in [-0.25, -0.2) is 8.42 Å². The van der Waals surface area contributed by atoms with Crippen LogP contribution in [0, 0.1) is 0 Å². The van der Waals surface area contributed by atoms with Gasteiger partial charge in [-0.3, -0.25) is 9.10 Å². The molecule has 0 N–H and O–H groups in total. The number of hydrogen-bond donors (Lipinski definition) is 0. The van der Waals surface area contributed by atoms with Gasteiger partial charge in [0.25, 0.3) is 0 Å². The van der Waals surface area contributed by atoms with Crippen molar-refractivity contribution in [3.8, 4) is 0 Å². The zero-order valence-electron chi connectivity index (χ0n) is 13.7. The molecule has 5 nitrogen and oxygen atoms in total. The molecule has 0 heterocycles. The molecule has 1 aliphatic rings. The summed E-state index contributed by atoms with van der Waals surface area (Å²) in [6.07, 6.45) is 3.76. The van der Waals surface area contributed by atoms with E-state index in [1.807, 2.05) is 6.07 Å². The van der Waals surface area contributed by atoms with Gasteiger partial charge in [-0.15, -0.1) is 0 Å². The number of carbonyl (C=O) groups excluding carboxylic acids is 1. The van der Waals surface area contributed by atoms with Gasteiger partial charge in [-0.1, -0.05) is 13.2 Å². The highest BCUT2D eigenvalue weighted by Gasteiger charge is 2.30. The Kier molecular flexibility index (Phi) is 5.14. The quantitative estimate of drug-likeness (QED) is 0.552. The van der Waals surface area contributed by atoms with Gasteiger partial charge in [-0.05, 0) is 46.9 Å². The Balaban J connectivity index is 2.32. The van der Waals surface area contributed by atoms with Crippen molar-refractivity contribution in [2.24, 2.45) is 0 Å². The van der Waals surface area contributed by atoms with E-state index in [0.717, 1.165) is 28.8 Å². The van der Waals surface area contributed by atoms with E-state index in [1.165, 1.54) is 17.5 Å². The van der Waals surface area contributed by atoms with Gasteiger partial charge in [0.1, 0.15) is 0 Å². The standard InChI is InChI=1S/C17H23NO4S/c1-12-10-16(15-6-7-15)17(11-13(12)2)18(23(4,20)21)8-5-9-22-14(3)19/h10-11,15H,1-2,5-9H2,3-4H3. The van der Waals surface area contributed by atoms with Crippen LogP contribution in [0.3, 0.4) is 0 Å². The number of ether oxygens (including phenoxy) is 1. The molecule has 0 bridgehead atoms. The molecular formula is C17H23NO4S. The van der Waals surface area contributed by atoms with E-state index in [4.69, 9.17) is 4.74 Å². The lowest BCUT2D eigenvalue weighted by Gasteiger charge is -2.25. The van der Waals surface area contributed by atoms with Crippen LogP contribution in [0.4, 0.5) is 5.69 Å². The van der Waals surface area contributed by atoms with E-state index < -0.39 is 10.0 Å². The van der Waals surface area contributed by atoms with Crippen LogP contribution in [-0.4, -0.2) is 33.8 Å². The Morgan fingerprint density at radius 3 is 2.43 bits per heavy atom. The predicted molar refractivity (Wildman–Crippen MR) is 92.2 cm³/mol. The van der Waals surface area contributed by atoms with Crippen LogP contribution in [0.2, 0.25) is 0 Å². The summed E-state index contributed by atoms with van der Waals surface area (Å²) in [5.74, 6) is 0.0276. The van der Waals surface area contributed by atoms with E-state index in [-0.39, 0.29) is 19.1 Å². The molecule has 0 spiro atoms. The lowest BCUT2D eigenvalue weighted by Crippen LogP contribution is -2.35. The summed E-state index contributed by atoms with van der Waals surface area (Å²) >= 11 is 0. The maximum atomic E-state index is 12.2. The highest BCUT2D eigenvalue weighted by atomic mass is 32.2. The average Bonchev–Trinajstić information content (AvgIpc) is 3.24. The van der Waals surface area contributed by atoms with Gasteiger partial charge in [0, 0.05) is 19.9 Å². The third kappa shape index (κ3) is 4.58. The number of esters is 1. The molecule has 23 heavy (non-hydrogen) atoms. The van der Waals surface area contributed by atoms with E-state index in [0.29, 0.717) is 18.0 Å². The first-order chi connectivity index (χ1) is 10.7. The molecular weight excluding hydrogens is 314 g/mol. The van der Waals surface area contributed by atoms with Crippen LogP contribution in [0.25, 0.3) is 13.2 Å². The van der Waals surface area contributed by atoms with Crippen molar-refractivity contribution < 1.29 is 17.9 Å². The Bertz CT molecular complexity index is 797. The van der Waals surface area contributed by atoms with Crippen LogP contribution in [0.1, 0.15) is 37.7 Å². The minimum Gasteiger partial charge on any atom is -0.466 e. The molecule has 1 fully saturated rings. The summed E-state index contributed by atoms with van der Waals surface area (Å²) in [5.41, 5.74) is 1.69. The fourth-order valence-electron chi connectivity index (χ4n) is 2.52. The fourth-order valence-corrected chi connectivity index (χ4v) is 3.50. The predicted octanol–water partition coefficient (Wildman–Crippen LogP) is 1.10. The molecule has 2 rings (SSSR count). The van der Waals surface area contributed by atoms with E-state index in [2.05, 4.69) is 13.2 Å². The second kappa shape index (κ2) is 6.74. The van der Waals surface area contributed by atoms with Crippen LogP contribution in [-0.2, 0) is 19.6 Å². The third-order valence-electron chi connectivity index (χ3n) is 3.85. The first kappa shape index (κ1) is 17.5. The number of nitrogens with zero attached hydrogens (tertiary/aromatic N) is 1. The molecule has 1 aromatic rings. The van der Waals surface area contributed by atoms with Crippen LogP contribution in [0.15, 0.2) is 12.1 Å². The molecule has 0 atom stereocenters. The number of anilines is 1. The Morgan fingerprint density at radius 1 is 1.30 bits per heavy atom. The van der Waals surface area contributed by atoms with E-state index >= 15 is 0 Å². The normalized spacial score (nSPS) is 14.5. The van der Waals surface area contributed by atoms with Gasteiger partial charge in [0.2, 0.25) is 10.0 Å². The maximum Gasteiger partial charge on any atom is 0.302 e. The molecule has 6 heteroatoms. The van der Waals surface area contributed by atoms with Gasteiger partial charge in [0.15, 0.2) is 0 Å². The van der Waals surface area contributed by atoms with Crippen molar-refractivity contribution in [2.45, 2.75) is 32.1 Å². The van der Waals surface area contributed by atoms with Crippen LogP contribution < -0.4 is 14.7 Å². The molecule has 126 valence electrons. The molecule has 1 saturated carbocycles. The van der Waals surface area contributed by atoms with Gasteiger partial charge < -0.3 is 4.74 Å². The van der Waals surface area contributed by atoms with Crippen molar-refractivity contribution in [1.29, 1.82) is 0 Å². The monoisotopic (exact) mass is 337 g/mol. The molecule has 0 aromatic heterocycles. The first-order valence-electron chi connectivity index (χ1n) is 7.63. The lowest BCUT2D eigenvalue weighted by molar-refractivity contribution is -0.140. The van der Waals surface area contributed by atoms with Crippen molar-refractivity contribution in [1.82, 2.24) is 0 Å². The highest BCUT2D eigenvalue weighted by molar-refractivity contribution is 7.92. The van der Waals surface area contributed by atoms with Gasteiger partial charge in [-0.2, -0.15) is 0 Å². The molecule has 0 radical (unpaired) electrons. The molecule has 0 aliphatic heterocycles. The molecule has 0 saturated heterocycles. The van der Waals surface area contributed by atoms with Gasteiger partial charge >= 0.3 is 5.97 Å². The van der Waals surface area contributed by atoms with Crippen LogP contribution >= 0.6 is 0 Å². The summed E-state index contributed by atoms with van der Waals surface area (Å²) in [5, 5.41) is 1.54. The van der Waals surface area contributed by atoms with Gasteiger partial charge in [0.05, 0.1) is 18.6 Å². The number of rotatable bonds is 7.